The summed E-state index contributed by atoms with van der Waals surface area (Å²) in [6, 6.07) is 5.74. The zero-order chi connectivity index (χ0) is 22.7. The number of hydrogen-bond acceptors (Lipinski definition) is 5. The number of piperidine rings is 1. The Bertz CT molecular complexity index is 843. The van der Waals surface area contributed by atoms with Crippen LogP contribution in [0.4, 0.5) is 16.2 Å². The fraction of sp³-hybridized carbons (Fsp3) is 0.667. The molecule has 0 radical (unpaired) electrons. The Hall–Kier alpha value is -1.99. The van der Waals surface area contributed by atoms with Gasteiger partial charge in [-0.2, -0.15) is 0 Å². The number of likely N-dealkylation sites (tertiary alicyclic amines) is 1. The number of benzene rings is 1. The number of anilines is 2. The van der Waals surface area contributed by atoms with Gasteiger partial charge in [0.25, 0.3) is 0 Å². The van der Waals surface area contributed by atoms with Gasteiger partial charge in [0.1, 0.15) is 0 Å². The van der Waals surface area contributed by atoms with Gasteiger partial charge in [0, 0.05) is 31.4 Å². The minimum atomic E-state index is -0.487. The Morgan fingerprint density at radius 2 is 2.03 bits per heavy atom. The Morgan fingerprint density at radius 3 is 2.75 bits per heavy atom. The molecule has 2 amide bonds. The average molecular weight is 464 g/mol. The van der Waals surface area contributed by atoms with Gasteiger partial charge < -0.3 is 19.6 Å². The summed E-state index contributed by atoms with van der Waals surface area (Å²) in [6.07, 6.45) is 6.17. The topological polar surface area (TPSA) is 82.1 Å². The first-order valence-electron chi connectivity index (χ1n) is 11.9. The van der Waals surface area contributed by atoms with Crippen LogP contribution in [0.3, 0.4) is 0 Å². The Labute approximate surface area is 195 Å². The summed E-state index contributed by atoms with van der Waals surface area (Å²) in [5.41, 5.74) is 1.14. The maximum Gasteiger partial charge on any atom is 0.411 e. The van der Waals surface area contributed by atoms with Crippen molar-refractivity contribution in [2.45, 2.75) is 70.4 Å². The summed E-state index contributed by atoms with van der Waals surface area (Å²) in [6.45, 7) is 4.65. The Morgan fingerprint density at radius 1 is 1.25 bits per heavy atom. The van der Waals surface area contributed by atoms with E-state index in [1.165, 1.54) is 0 Å². The normalized spacial score (nSPS) is 28.3. The van der Waals surface area contributed by atoms with Gasteiger partial charge >= 0.3 is 6.09 Å². The number of nitrogens with zero attached hydrogens (tertiary/aromatic N) is 2. The van der Waals surface area contributed by atoms with E-state index in [2.05, 4.69) is 15.1 Å². The number of rotatable bonds is 5. The maximum atomic E-state index is 13.5. The van der Waals surface area contributed by atoms with Crippen molar-refractivity contribution in [3.63, 3.8) is 0 Å². The molecule has 0 bridgehead atoms. The zero-order valence-corrected chi connectivity index (χ0v) is 19.6. The minimum absolute atomic E-state index is 0.212. The molecular formula is C24H34ClN3O4. The SMILES string of the molecule is CCCOC(=O)Nc1ccc(N2CCC[C@@]3(CCN(C4CCC(O)CC4)C3=O)C2)c(Cl)c1. The number of halogens is 1. The molecule has 4 rings (SSSR count). The molecule has 1 aromatic carbocycles. The average Bonchev–Trinajstić information content (AvgIpc) is 3.08. The van der Waals surface area contributed by atoms with Crippen LogP contribution in [0.15, 0.2) is 18.2 Å². The predicted octanol–water partition coefficient (Wildman–Crippen LogP) is 4.42. The largest absolute Gasteiger partial charge is 0.449 e. The van der Waals surface area contributed by atoms with Gasteiger partial charge in [0.2, 0.25) is 5.91 Å². The van der Waals surface area contributed by atoms with E-state index < -0.39 is 6.09 Å². The first-order valence-corrected chi connectivity index (χ1v) is 12.3. The van der Waals surface area contributed by atoms with Gasteiger partial charge in [-0.25, -0.2) is 4.79 Å². The molecular weight excluding hydrogens is 430 g/mol. The number of carbonyl (C=O) groups is 2. The van der Waals surface area contributed by atoms with Crippen LogP contribution in [0.2, 0.25) is 5.02 Å². The van der Waals surface area contributed by atoms with Crippen LogP contribution < -0.4 is 10.2 Å². The fourth-order valence-corrected chi connectivity index (χ4v) is 5.77. The van der Waals surface area contributed by atoms with E-state index >= 15 is 0 Å². The lowest BCUT2D eigenvalue weighted by atomic mass is 9.78. The molecule has 1 atom stereocenters. The first-order chi connectivity index (χ1) is 15.4. The maximum absolute atomic E-state index is 13.5. The lowest BCUT2D eigenvalue weighted by Gasteiger charge is -2.41. The molecule has 2 saturated heterocycles. The first kappa shape index (κ1) is 23.2. The number of ether oxygens (including phenoxy) is 1. The van der Waals surface area contributed by atoms with E-state index in [-0.39, 0.29) is 23.5 Å². The van der Waals surface area contributed by atoms with Gasteiger partial charge in [-0.1, -0.05) is 18.5 Å². The third-order valence-corrected chi connectivity index (χ3v) is 7.50. The van der Waals surface area contributed by atoms with Crippen LogP contribution in [0.5, 0.6) is 0 Å². The Kier molecular flexibility index (Phi) is 7.15. The summed E-state index contributed by atoms with van der Waals surface area (Å²) in [4.78, 5) is 29.6. The van der Waals surface area contributed by atoms with Crippen molar-refractivity contribution in [2.24, 2.45) is 5.41 Å². The van der Waals surface area contributed by atoms with Crippen molar-refractivity contribution >= 4 is 35.0 Å². The molecule has 0 unspecified atom stereocenters. The summed E-state index contributed by atoms with van der Waals surface area (Å²) in [7, 11) is 0. The number of carbonyl (C=O) groups excluding carboxylic acids is 2. The summed E-state index contributed by atoms with van der Waals surface area (Å²) < 4.78 is 5.06. The number of aliphatic hydroxyl groups excluding tert-OH is 1. The molecule has 2 N–H and O–H groups in total. The smallest absolute Gasteiger partial charge is 0.411 e. The number of nitrogens with one attached hydrogen (secondary N) is 1. The van der Waals surface area contributed by atoms with Crippen molar-refractivity contribution in [1.29, 1.82) is 0 Å². The highest BCUT2D eigenvalue weighted by Gasteiger charge is 2.50. The van der Waals surface area contributed by atoms with Gasteiger partial charge in [0.15, 0.2) is 0 Å². The summed E-state index contributed by atoms with van der Waals surface area (Å²) in [5.74, 6) is 0.275. The molecule has 2 heterocycles. The summed E-state index contributed by atoms with van der Waals surface area (Å²) >= 11 is 6.59. The van der Waals surface area contributed by atoms with Gasteiger partial charge in [-0.3, -0.25) is 10.1 Å². The molecule has 1 aromatic rings. The van der Waals surface area contributed by atoms with Crippen LogP contribution in [0.25, 0.3) is 0 Å². The van der Waals surface area contributed by atoms with Crippen LogP contribution in [0.1, 0.15) is 58.3 Å². The second-order valence-corrected chi connectivity index (χ2v) is 9.85. The fourth-order valence-electron chi connectivity index (χ4n) is 5.47. The third kappa shape index (κ3) is 4.84. The van der Waals surface area contributed by atoms with Crippen molar-refractivity contribution in [3.05, 3.63) is 23.2 Å². The molecule has 176 valence electrons. The lowest BCUT2D eigenvalue weighted by molar-refractivity contribution is -0.139. The highest BCUT2D eigenvalue weighted by Crippen LogP contribution is 2.44. The zero-order valence-electron chi connectivity index (χ0n) is 18.8. The molecule has 32 heavy (non-hydrogen) atoms. The van der Waals surface area contributed by atoms with E-state index in [4.69, 9.17) is 16.3 Å². The van der Waals surface area contributed by atoms with E-state index in [9.17, 15) is 14.7 Å². The molecule has 8 heteroatoms. The van der Waals surface area contributed by atoms with Gasteiger partial charge in [-0.05, 0) is 69.6 Å². The van der Waals surface area contributed by atoms with Gasteiger partial charge in [-0.15, -0.1) is 0 Å². The highest BCUT2D eigenvalue weighted by atomic mass is 35.5. The van der Waals surface area contributed by atoms with Crippen LogP contribution >= 0.6 is 11.6 Å². The van der Waals surface area contributed by atoms with Crippen molar-refractivity contribution in [2.75, 3.05) is 36.5 Å². The number of aliphatic hydroxyl groups is 1. The van der Waals surface area contributed by atoms with Crippen molar-refractivity contribution in [1.82, 2.24) is 4.90 Å². The van der Waals surface area contributed by atoms with Crippen LogP contribution in [-0.4, -0.2) is 60.4 Å². The number of amides is 2. The molecule has 1 spiro atoms. The van der Waals surface area contributed by atoms with Crippen LogP contribution in [-0.2, 0) is 9.53 Å². The van der Waals surface area contributed by atoms with E-state index in [1.807, 2.05) is 19.1 Å². The molecule has 1 saturated carbocycles. The molecule has 1 aliphatic carbocycles. The van der Waals surface area contributed by atoms with E-state index in [0.717, 1.165) is 70.1 Å². The standard InChI is InChI=1S/C24H34ClN3O4/c1-2-14-32-23(31)26-17-4-9-21(20(25)15-17)27-12-3-10-24(16-27)11-13-28(22(24)30)18-5-7-19(29)8-6-18/h4,9,15,18-19,29H,2-3,5-8,10-14,16H2,1H3,(H,26,31)/t18?,19?,24-/m1/s1. The number of hydrogen-bond donors (Lipinski definition) is 2. The van der Waals surface area contributed by atoms with Crippen molar-refractivity contribution in [3.8, 4) is 0 Å². The van der Waals surface area contributed by atoms with Crippen LogP contribution in [0, 0.1) is 5.41 Å². The van der Waals surface area contributed by atoms with Gasteiger partial charge in [0.05, 0.1) is 28.8 Å². The predicted molar refractivity (Wildman–Crippen MR) is 125 cm³/mol. The van der Waals surface area contributed by atoms with E-state index in [1.54, 1.807) is 6.07 Å². The lowest BCUT2D eigenvalue weighted by Crippen LogP contribution is -2.50. The molecule has 2 aliphatic heterocycles. The Balaban J connectivity index is 1.42. The highest BCUT2D eigenvalue weighted by molar-refractivity contribution is 6.33. The molecule has 0 aromatic heterocycles. The monoisotopic (exact) mass is 463 g/mol. The quantitative estimate of drug-likeness (QED) is 0.675. The second kappa shape index (κ2) is 9.87. The molecule has 3 aliphatic rings. The summed E-state index contributed by atoms with van der Waals surface area (Å²) in [5, 5.41) is 13.1. The van der Waals surface area contributed by atoms with Crippen molar-refractivity contribution < 1.29 is 19.4 Å². The molecule has 3 fully saturated rings. The second-order valence-electron chi connectivity index (χ2n) is 9.44. The van der Waals surface area contributed by atoms with E-state index in [0.29, 0.717) is 23.9 Å². The third-order valence-electron chi connectivity index (χ3n) is 7.20. The minimum Gasteiger partial charge on any atom is -0.449 e. The molecule has 7 nitrogen and oxygen atoms in total.